The minimum Gasteiger partial charge on any atom is -0.366 e. The Hall–Kier alpha value is -0.670. The molecular formula is C15H20N2S. The average molecular weight is 260 g/mol. The summed E-state index contributed by atoms with van der Waals surface area (Å²) in [6.07, 6.45) is 1.34. The van der Waals surface area contributed by atoms with E-state index >= 15 is 0 Å². The topological polar surface area (TPSA) is 6.48 Å². The quantitative estimate of drug-likeness (QED) is 0.766. The van der Waals surface area contributed by atoms with E-state index in [4.69, 9.17) is 0 Å². The second kappa shape index (κ2) is 4.17. The van der Waals surface area contributed by atoms with Gasteiger partial charge in [-0.05, 0) is 24.6 Å². The molecule has 18 heavy (non-hydrogen) atoms. The normalized spacial score (nSPS) is 30.2. The first-order valence-corrected chi connectivity index (χ1v) is 8.11. The fourth-order valence-corrected chi connectivity index (χ4v) is 4.99. The van der Waals surface area contributed by atoms with Crippen LogP contribution in [-0.2, 0) is 0 Å². The van der Waals surface area contributed by atoms with Gasteiger partial charge in [0.2, 0.25) is 0 Å². The maximum atomic E-state index is 2.72. The first kappa shape index (κ1) is 11.2. The highest BCUT2D eigenvalue weighted by Crippen LogP contribution is 2.50. The largest absolute Gasteiger partial charge is 0.366 e. The Morgan fingerprint density at radius 3 is 3.17 bits per heavy atom. The van der Waals surface area contributed by atoms with Gasteiger partial charge in [-0.2, -0.15) is 0 Å². The smallest absolute Gasteiger partial charge is 0.0544 e. The Morgan fingerprint density at radius 2 is 2.28 bits per heavy atom. The fourth-order valence-electron chi connectivity index (χ4n) is 3.93. The Morgan fingerprint density at radius 1 is 1.33 bits per heavy atom. The summed E-state index contributed by atoms with van der Waals surface area (Å²) in [6.45, 7) is 7.29. The number of fused-ring (bicyclic) bond motifs is 3. The molecule has 1 saturated heterocycles. The molecule has 3 aliphatic rings. The highest BCUT2D eigenvalue weighted by molar-refractivity contribution is 7.99. The third-order valence-corrected chi connectivity index (χ3v) is 5.84. The van der Waals surface area contributed by atoms with Crippen molar-refractivity contribution in [3.63, 3.8) is 0 Å². The van der Waals surface area contributed by atoms with Gasteiger partial charge in [-0.3, -0.25) is 0 Å². The monoisotopic (exact) mass is 260 g/mol. The van der Waals surface area contributed by atoms with E-state index in [9.17, 15) is 0 Å². The summed E-state index contributed by atoms with van der Waals surface area (Å²) in [5, 5.41) is 0. The second-order valence-corrected chi connectivity index (χ2v) is 6.73. The number of nitrogens with zero attached hydrogens (tertiary/aromatic N) is 2. The highest BCUT2D eigenvalue weighted by Gasteiger charge is 2.43. The van der Waals surface area contributed by atoms with Crippen LogP contribution in [0.3, 0.4) is 0 Å². The molecule has 3 heteroatoms. The van der Waals surface area contributed by atoms with Gasteiger partial charge in [-0.15, -0.1) is 11.8 Å². The zero-order valence-electron chi connectivity index (χ0n) is 10.9. The molecule has 1 aromatic carbocycles. The number of anilines is 1. The van der Waals surface area contributed by atoms with Crippen molar-refractivity contribution in [3.8, 4) is 0 Å². The number of para-hydroxylation sites is 1. The van der Waals surface area contributed by atoms with E-state index in [-0.39, 0.29) is 0 Å². The number of likely N-dealkylation sites (N-methyl/N-ethyl adjacent to an activating group) is 1. The third-order valence-electron chi connectivity index (χ3n) is 4.81. The molecule has 4 rings (SSSR count). The lowest BCUT2D eigenvalue weighted by atomic mass is 9.89. The molecule has 1 fully saturated rings. The molecule has 96 valence electrons. The van der Waals surface area contributed by atoms with Crippen molar-refractivity contribution in [2.75, 3.05) is 36.8 Å². The lowest BCUT2D eigenvalue weighted by Gasteiger charge is -2.39. The molecule has 0 radical (unpaired) electrons. The van der Waals surface area contributed by atoms with Crippen molar-refractivity contribution in [3.05, 3.63) is 23.8 Å². The van der Waals surface area contributed by atoms with Crippen molar-refractivity contribution in [1.29, 1.82) is 0 Å². The Labute approximate surface area is 113 Å². The molecule has 0 aliphatic carbocycles. The molecule has 0 spiro atoms. The summed E-state index contributed by atoms with van der Waals surface area (Å²) >= 11 is 2.04. The molecule has 0 bridgehead atoms. The van der Waals surface area contributed by atoms with Crippen LogP contribution >= 0.6 is 11.8 Å². The Kier molecular flexibility index (Phi) is 2.59. The number of rotatable bonds is 1. The van der Waals surface area contributed by atoms with Gasteiger partial charge in [0, 0.05) is 42.2 Å². The third kappa shape index (κ3) is 1.47. The summed E-state index contributed by atoms with van der Waals surface area (Å²) in [4.78, 5) is 6.86. The van der Waals surface area contributed by atoms with Gasteiger partial charge in [0.15, 0.2) is 0 Å². The summed E-state index contributed by atoms with van der Waals surface area (Å²) in [5.41, 5.74) is 3.21. The Bertz CT molecular complexity index is 474. The molecule has 3 heterocycles. The van der Waals surface area contributed by atoms with E-state index < -0.39 is 0 Å². The van der Waals surface area contributed by atoms with Crippen LogP contribution in [0.1, 0.15) is 24.8 Å². The van der Waals surface area contributed by atoms with Crippen LogP contribution < -0.4 is 4.90 Å². The van der Waals surface area contributed by atoms with E-state index in [1.807, 2.05) is 11.8 Å². The maximum absolute atomic E-state index is 2.72. The van der Waals surface area contributed by atoms with Crippen LogP contribution in [0.4, 0.5) is 5.69 Å². The van der Waals surface area contributed by atoms with Crippen molar-refractivity contribution in [1.82, 2.24) is 4.90 Å². The van der Waals surface area contributed by atoms with Gasteiger partial charge in [0.25, 0.3) is 0 Å². The molecule has 1 aromatic rings. The predicted octanol–water partition coefficient (Wildman–Crippen LogP) is 2.79. The van der Waals surface area contributed by atoms with Crippen molar-refractivity contribution >= 4 is 17.4 Å². The Balaban J connectivity index is 1.78. The van der Waals surface area contributed by atoms with Gasteiger partial charge in [-0.1, -0.05) is 19.1 Å². The van der Waals surface area contributed by atoms with Gasteiger partial charge in [-0.25, -0.2) is 0 Å². The van der Waals surface area contributed by atoms with Crippen LogP contribution in [0.15, 0.2) is 23.1 Å². The minimum atomic E-state index is 0.757. The second-order valence-electron chi connectivity index (χ2n) is 5.59. The van der Waals surface area contributed by atoms with E-state index in [1.54, 1.807) is 11.3 Å². The number of likely N-dealkylation sites (tertiary alicyclic amines) is 1. The first-order valence-electron chi connectivity index (χ1n) is 7.13. The van der Waals surface area contributed by atoms with Gasteiger partial charge in [0.1, 0.15) is 0 Å². The van der Waals surface area contributed by atoms with E-state index in [1.165, 1.54) is 43.2 Å². The molecule has 0 amide bonds. The summed E-state index contributed by atoms with van der Waals surface area (Å²) in [5.74, 6) is 2.02. The molecule has 0 aromatic heterocycles. The number of piperidine rings is 1. The van der Waals surface area contributed by atoms with Crippen LogP contribution in [0.5, 0.6) is 0 Å². The molecule has 2 nitrogen and oxygen atoms in total. The summed E-state index contributed by atoms with van der Waals surface area (Å²) in [7, 11) is 0. The van der Waals surface area contributed by atoms with Crippen LogP contribution in [0, 0.1) is 0 Å². The molecule has 0 N–H and O–H groups in total. The molecule has 2 atom stereocenters. The number of benzene rings is 1. The van der Waals surface area contributed by atoms with Gasteiger partial charge < -0.3 is 9.80 Å². The number of thioether (sulfide) groups is 1. The number of hydrogen-bond acceptors (Lipinski definition) is 3. The van der Waals surface area contributed by atoms with Gasteiger partial charge in [0.05, 0.1) is 5.69 Å². The summed E-state index contributed by atoms with van der Waals surface area (Å²) < 4.78 is 0. The lowest BCUT2D eigenvalue weighted by Crippen LogP contribution is -2.47. The molecule has 0 saturated carbocycles. The SMILES string of the molecule is CCN1CCC2C(C1)c1cccc3c1N2CCS3. The average Bonchev–Trinajstić information content (AvgIpc) is 2.76. The van der Waals surface area contributed by atoms with E-state index in [2.05, 4.69) is 34.9 Å². The fraction of sp³-hybridized carbons (Fsp3) is 0.600. The zero-order chi connectivity index (χ0) is 12.1. The van der Waals surface area contributed by atoms with Crippen LogP contribution in [0.25, 0.3) is 0 Å². The van der Waals surface area contributed by atoms with Crippen molar-refractivity contribution in [2.45, 2.75) is 30.2 Å². The maximum Gasteiger partial charge on any atom is 0.0544 e. The molecule has 2 unspecified atom stereocenters. The molecule has 3 aliphatic heterocycles. The standard InChI is InChI=1S/C15H20N2S/c1-2-16-7-6-13-12(10-16)11-4-3-5-14-15(11)17(13)8-9-18-14/h3-5,12-13H,2,6-10H2,1H3. The first-order chi connectivity index (χ1) is 8.88. The van der Waals surface area contributed by atoms with E-state index in [0.29, 0.717) is 0 Å². The number of hydrogen-bond donors (Lipinski definition) is 0. The predicted molar refractivity (Wildman–Crippen MR) is 77.8 cm³/mol. The van der Waals surface area contributed by atoms with E-state index in [0.717, 1.165) is 12.0 Å². The minimum absolute atomic E-state index is 0.757. The highest BCUT2D eigenvalue weighted by atomic mass is 32.2. The zero-order valence-corrected chi connectivity index (χ0v) is 11.7. The van der Waals surface area contributed by atoms with Crippen LogP contribution in [-0.4, -0.2) is 42.9 Å². The van der Waals surface area contributed by atoms with Crippen molar-refractivity contribution in [2.24, 2.45) is 0 Å². The molecular weight excluding hydrogens is 240 g/mol. The lowest BCUT2D eigenvalue weighted by molar-refractivity contribution is 0.202. The summed E-state index contributed by atoms with van der Waals surface area (Å²) in [6, 6.07) is 7.73. The van der Waals surface area contributed by atoms with Crippen LogP contribution in [0.2, 0.25) is 0 Å². The van der Waals surface area contributed by atoms with Gasteiger partial charge >= 0.3 is 0 Å². The van der Waals surface area contributed by atoms with Crippen molar-refractivity contribution < 1.29 is 0 Å².